The van der Waals surface area contributed by atoms with Gasteiger partial charge in [-0.15, -0.1) is 0 Å². The molecule has 4 aromatic rings. The van der Waals surface area contributed by atoms with Gasteiger partial charge in [-0.05, 0) is 85.2 Å². The standard InChI is InChI=1S/C45H42ClFN4O6/c1-57-38-23-32(52)15-16-34(38)40-33-17-18-35-39(43(55)50(41(35)53)31-19-21-49(22-20-31)25-26-5-3-2-4-6-26)36(33)24-37-42(54)51(48-30-13-11-29(47)12-14-30)44(56)45(37,40)27-7-9-28(46)10-8-27/h2-17,23,31,35-37,39-40,48,52H,18-22,24-25H2,1H3. The molecule has 0 bridgehead atoms. The molecule has 3 heterocycles. The van der Waals surface area contributed by atoms with E-state index in [1.165, 1.54) is 54.0 Å². The minimum atomic E-state index is -1.56. The number of nitrogens with zero attached hydrogens (tertiary/aromatic N) is 3. The van der Waals surface area contributed by atoms with Crippen molar-refractivity contribution in [1.82, 2.24) is 14.8 Å². The molecule has 9 rings (SSSR count). The minimum Gasteiger partial charge on any atom is -0.508 e. The quantitative estimate of drug-likeness (QED) is 0.147. The van der Waals surface area contributed by atoms with E-state index in [9.17, 15) is 23.9 Å². The van der Waals surface area contributed by atoms with Crippen LogP contribution >= 0.6 is 11.6 Å². The fourth-order valence-corrected chi connectivity index (χ4v) is 10.6. The van der Waals surface area contributed by atoms with Gasteiger partial charge in [0.25, 0.3) is 11.8 Å². The van der Waals surface area contributed by atoms with Crippen LogP contribution in [0.3, 0.4) is 0 Å². The molecule has 0 aromatic heterocycles. The van der Waals surface area contributed by atoms with Crippen LogP contribution in [0.2, 0.25) is 5.02 Å². The number of methoxy groups -OCH3 is 1. The monoisotopic (exact) mass is 788 g/mol. The number of carbonyl (C=O) groups excluding carboxylic acids is 4. The van der Waals surface area contributed by atoms with Gasteiger partial charge in [0.15, 0.2) is 0 Å². The van der Waals surface area contributed by atoms with Crippen molar-refractivity contribution in [3.05, 3.63) is 136 Å². The highest BCUT2D eigenvalue weighted by Crippen LogP contribution is 2.65. The molecule has 10 nitrogen and oxygen atoms in total. The van der Waals surface area contributed by atoms with Crippen molar-refractivity contribution < 1.29 is 33.4 Å². The summed E-state index contributed by atoms with van der Waals surface area (Å²) in [6.45, 7) is 2.30. The zero-order valence-electron chi connectivity index (χ0n) is 31.3. The fraction of sp³-hybridized carbons (Fsp3) is 0.333. The van der Waals surface area contributed by atoms with Crippen LogP contribution in [0.4, 0.5) is 10.1 Å². The van der Waals surface area contributed by atoms with Crippen LogP contribution in [0.5, 0.6) is 11.5 Å². The summed E-state index contributed by atoms with van der Waals surface area (Å²) in [6.07, 6.45) is 3.76. The number of hydrazine groups is 1. The maximum Gasteiger partial charge on any atom is 0.260 e. The topological polar surface area (TPSA) is 119 Å². The number of nitrogens with one attached hydrogen (secondary N) is 1. The number of aromatic hydroxyl groups is 1. The van der Waals surface area contributed by atoms with Gasteiger partial charge in [-0.2, -0.15) is 5.01 Å². The zero-order valence-corrected chi connectivity index (χ0v) is 32.1. The van der Waals surface area contributed by atoms with Gasteiger partial charge in [0.2, 0.25) is 11.8 Å². The third kappa shape index (κ3) is 6.01. The summed E-state index contributed by atoms with van der Waals surface area (Å²) in [4.78, 5) is 63.4. The van der Waals surface area contributed by atoms with Crippen LogP contribution in [0.25, 0.3) is 0 Å². The number of ether oxygens (including phenoxy) is 1. The van der Waals surface area contributed by atoms with Crippen molar-refractivity contribution in [1.29, 1.82) is 0 Å². The van der Waals surface area contributed by atoms with Gasteiger partial charge < -0.3 is 9.84 Å². The number of amides is 4. The van der Waals surface area contributed by atoms with Gasteiger partial charge in [-0.1, -0.05) is 71.8 Å². The van der Waals surface area contributed by atoms with E-state index in [2.05, 4.69) is 22.5 Å². The number of fused-ring (bicyclic) bond motifs is 4. The molecule has 5 aliphatic rings. The summed E-state index contributed by atoms with van der Waals surface area (Å²) < 4.78 is 19.8. The second-order valence-electron chi connectivity index (χ2n) is 15.8. The molecule has 292 valence electrons. The van der Waals surface area contributed by atoms with Crippen LogP contribution in [0, 0.1) is 29.5 Å². The Bertz CT molecular complexity index is 2280. The lowest BCUT2D eigenvalue weighted by molar-refractivity contribution is -0.144. The van der Waals surface area contributed by atoms with Crippen molar-refractivity contribution in [3.8, 4) is 11.5 Å². The second-order valence-corrected chi connectivity index (χ2v) is 16.3. The Balaban J connectivity index is 1.12. The number of imide groups is 2. The number of phenols is 1. The Labute approximate surface area is 334 Å². The summed E-state index contributed by atoms with van der Waals surface area (Å²) in [5, 5.41) is 12.0. The Morgan fingerprint density at radius 1 is 0.877 bits per heavy atom. The number of hydrogen-bond donors (Lipinski definition) is 2. The van der Waals surface area contributed by atoms with Crippen molar-refractivity contribution in [2.75, 3.05) is 25.6 Å². The SMILES string of the molecule is COc1cc(O)ccc1C1C2=CCC3C(=O)N(C4CCN(Cc5ccccc5)CC4)C(=O)C3C2CC2C(=O)N(Nc3ccc(F)cc3)C(=O)C21c1ccc(Cl)cc1. The number of anilines is 1. The predicted molar refractivity (Wildman–Crippen MR) is 210 cm³/mol. The molecule has 0 radical (unpaired) electrons. The number of rotatable bonds is 8. The highest BCUT2D eigenvalue weighted by molar-refractivity contribution is 6.30. The summed E-state index contributed by atoms with van der Waals surface area (Å²) in [5.74, 6) is -5.40. The number of benzene rings is 4. The van der Waals surface area contributed by atoms with E-state index in [1.54, 1.807) is 30.3 Å². The molecule has 4 fully saturated rings. The highest BCUT2D eigenvalue weighted by Gasteiger charge is 2.71. The van der Waals surface area contributed by atoms with Crippen molar-refractivity contribution in [3.63, 3.8) is 0 Å². The summed E-state index contributed by atoms with van der Waals surface area (Å²) >= 11 is 6.41. The van der Waals surface area contributed by atoms with E-state index >= 15 is 4.79 Å². The van der Waals surface area contributed by atoms with Crippen LogP contribution in [-0.4, -0.2) is 69.8 Å². The zero-order chi connectivity index (χ0) is 39.6. The minimum absolute atomic E-state index is 0.0480. The van der Waals surface area contributed by atoms with Crippen LogP contribution in [0.1, 0.15) is 48.3 Å². The fourth-order valence-electron chi connectivity index (χ4n) is 10.5. The second kappa shape index (κ2) is 14.5. The molecule has 0 spiro atoms. The van der Waals surface area contributed by atoms with Crippen molar-refractivity contribution >= 4 is 40.9 Å². The Kier molecular flexibility index (Phi) is 9.40. The molecule has 4 amide bonds. The first-order valence-corrected chi connectivity index (χ1v) is 19.8. The lowest BCUT2D eigenvalue weighted by atomic mass is 9.49. The average Bonchev–Trinajstić information content (AvgIpc) is 3.60. The van der Waals surface area contributed by atoms with E-state index in [0.29, 0.717) is 46.8 Å². The van der Waals surface area contributed by atoms with Crippen molar-refractivity contribution in [2.24, 2.45) is 23.7 Å². The number of hydrogen-bond acceptors (Lipinski definition) is 8. The predicted octanol–water partition coefficient (Wildman–Crippen LogP) is 6.84. The van der Waals surface area contributed by atoms with E-state index in [-0.39, 0.29) is 30.0 Å². The number of phenolic OH excluding ortho intramolecular Hbond substituents is 1. The average molecular weight is 789 g/mol. The van der Waals surface area contributed by atoms with E-state index < -0.39 is 52.6 Å². The third-order valence-electron chi connectivity index (χ3n) is 13.0. The summed E-state index contributed by atoms with van der Waals surface area (Å²) in [6, 6.07) is 26.9. The molecular formula is C45H42ClFN4O6. The van der Waals surface area contributed by atoms with Gasteiger partial charge in [-0.3, -0.25) is 34.4 Å². The Hall–Kier alpha value is -5.52. The van der Waals surface area contributed by atoms with E-state index in [4.69, 9.17) is 16.3 Å². The van der Waals surface area contributed by atoms with E-state index in [1.807, 2.05) is 24.3 Å². The molecule has 2 N–H and O–H groups in total. The van der Waals surface area contributed by atoms with Crippen LogP contribution < -0.4 is 10.2 Å². The first-order valence-electron chi connectivity index (χ1n) is 19.5. The summed E-state index contributed by atoms with van der Waals surface area (Å²) in [7, 11) is 1.47. The largest absolute Gasteiger partial charge is 0.508 e. The van der Waals surface area contributed by atoms with Gasteiger partial charge >= 0.3 is 0 Å². The third-order valence-corrected chi connectivity index (χ3v) is 13.2. The molecule has 4 aromatic carbocycles. The van der Waals surface area contributed by atoms with Gasteiger partial charge in [0, 0.05) is 48.2 Å². The normalized spacial score (nSPS) is 27.6. The van der Waals surface area contributed by atoms with Crippen molar-refractivity contribution in [2.45, 2.75) is 49.6 Å². The first-order chi connectivity index (χ1) is 27.6. The summed E-state index contributed by atoms with van der Waals surface area (Å²) in [5.41, 5.74) is 4.82. The molecule has 6 unspecified atom stereocenters. The first kappa shape index (κ1) is 37.1. The molecule has 1 saturated carbocycles. The van der Waals surface area contributed by atoms with Crippen LogP contribution in [0.15, 0.2) is 109 Å². The smallest absolute Gasteiger partial charge is 0.260 e. The maximum atomic E-state index is 15.4. The molecule has 57 heavy (non-hydrogen) atoms. The molecular weight excluding hydrogens is 747 g/mol. The molecule has 3 saturated heterocycles. The molecule has 3 aliphatic heterocycles. The lowest BCUT2D eigenvalue weighted by Gasteiger charge is -2.50. The lowest BCUT2D eigenvalue weighted by Crippen LogP contribution is -2.53. The molecule has 2 aliphatic carbocycles. The number of carbonyl (C=O) groups is 4. The number of likely N-dealkylation sites (tertiary alicyclic amines) is 2. The van der Waals surface area contributed by atoms with Gasteiger partial charge in [0.05, 0.1) is 36.0 Å². The Morgan fingerprint density at radius 3 is 2.30 bits per heavy atom. The maximum absolute atomic E-state index is 15.4. The van der Waals surface area contributed by atoms with E-state index in [0.717, 1.165) is 30.2 Å². The Morgan fingerprint density at radius 2 is 1.60 bits per heavy atom. The van der Waals surface area contributed by atoms with Gasteiger partial charge in [-0.25, -0.2) is 4.39 Å². The van der Waals surface area contributed by atoms with Crippen LogP contribution in [-0.2, 0) is 31.1 Å². The number of piperidine rings is 1. The van der Waals surface area contributed by atoms with Gasteiger partial charge in [0.1, 0.15) is 17.3 Å². The number of halogens is 2. The molecule has 12 heteroatoms. The highest BCUT2D eigenvalue weighted by atomic mass is 35.5. The number of allylic oxidation sites excluding steroid dienone is 2. The molecule has 6 atom stereocenters.